The van der Waals surface area contributed by atoms with E-state index in [0.717, 1.165) is 0 Å². The zero-order chi connectivity index (χ0) is 20.3. The van der Waals surface area contributed by atoms with E-state index in [1.165, 1.54) is 18.2 Å². The summed E-state index contributed by atoms with van der Waals surface area (Å²) >= 11 is 0. The summed E-state index contributed by atoms with van der Waals surface area (Å²) in [5.41, 5.74) is -0.749. The van der Waals surface area contributed by atoms with Crippen LogP contribution >= 0.6 is 0 Å². The Hall–Kier alpha value is -3.88. The second-order valence-corrected chi connectivity index (χ2v) is 6.87. The predicted molar refractivity (Wildman–Crippen MR) is 104 cm³/mol. The molecule has 0 spiro atoms. The Morgan fingerprint density at radius 1 is 0.679 bits per heavy atom. The standard InChI is InChI=1S/C19H13N3O6/c1-9(2)15-18(21(25)26)12-5-3-10-4-8-14(20(23)24)11-6-7-13(17(12)16(10)11)19(15)22(27)28/h3-9H,1-2H3. The largest absolute Gasteiger partial charge is 0.287 e. The van der Waals surface area contributed by atoms with Crippen LogP contribution in [0.2, 0.25) is 0 Å². The minimum Gasteiger partial charge on any atom is -0.258 e. The number of rotatable bonds is 4. The van der Waals surface area contributed by atoms with Gasteiger partial charge in [0.05, 0.1) is 30.9 Å². The first-order valence-electron chi connectivity index (χ1n) is 8.44. The third kappa shape index (κ3) is 2.19. The van der Waals surface area contributed by atoms with Crippen molar-refractivity contribution < 1.29 is 14.8 Å². The first-order chi connectivity index (χ1) is 13.2. The highest BCUT2D eigenvalue weighted by molar-refractivity contribution is 6.28. The molecule has 0 aliphatic heterocycles. The average molecular weight is 379 g/mol. The summed E-state index contributed by atoms with van der Waals surface area (Å²) in [6.45, 7) is 3.33. The Labute approximate surface area is 157 Å². The lowest BCUT2D eigenvalue weighted by Crippen LogP contribution is -2.05. The third-order valence-electron chi connectivity index (χ3n) is 5.05. The number of hydrogen-bond donors (Lipinski definition) is 0. The maximum Gasteiger partial charge on any atom is 0.287 e. The molecule has 0 atom stereocenters. The van der Waals surface area contributed by atoms with Crippen LogP contribution in [0, 0.1) is 30.3 Å². The van der Waals surface area contributed by atoms with Gasteiger partial charge >= 0.3 is 0 Å². The van der Waals surface area contributed by atoms with Gasteiger partial charge in [-0.15, -0.1) is 0 Å². The van der Waals surface area contributed by atoms with Crippen LogP contribution in [0.15, 0.2) is 36.4 Å². The van der Waals surface area contributed by atoms with E-state index in [-0.39, 0.29) is 33.4 Å². The predicted octanol–water partition coefficient (Wildman–Crippen LogP) is 5.43. The van der Waals surface area contributed by atoms with Crippen molar-refractivity contribution in [3.05, 3.63) is 72.3 Å². The Morgan fingerprint density at radius 2 is 1.18 bits per heavy atom. The summed E-state index contributed by atoms with van der Waals surface area (Å²) in [4.78, 5) is 33.5. The van der Waals surface area contributed by atoms with Gasteiger partial charge in [0.2, 0.25) is 0 Å². The maximum atomic E-state index is 11.9. The van der Waals surface area contributed by atoms with Crippen molar-refractivity contribution >= 4 is 49.4 Å². The number of nitro benzene ring substituents is 3. The Bertz CT molecular complexity index is 1290. The van der Waals surface area contributed by atoms with Crippen molar-refractivity contribution in [2.45, 2.75) is 19.8 Å². The van der Waals surface area contributed by atoms with Crippen LogP contribution in [0.1, 0.15) is 25.3 Å². The summed E-state index contributed by atoms with van der Waals surface area (Å²) in [6.07, 6.45) is 0. The molecule has 4 rings (SSSR count). The molecule has 4 aromatic carbocycles. The van der Waals surface area contributed by atoms with Gasteiger partial charge in [0, 0.05) is 16.8 Å². The van der Waals surface area contributed by atoms with Crippen molar-refractivity contribution in [1.29, 1.82) is 0 Å². The van der Waals surface area contributed by atoms with Crippen LogP contribution in [-0.4, -0.2) is 14.8 Å². The van der Waals surface area contributed by atoms with E-state index in [4.69, 9.17) is 0 Å². The molecule has 0 bridgehead atoms. The van der Waals surface area contributed by atoms with E-state index in [1.54, 1.807) is 32.0 Å². The van der Waals surface area contributed by atoms with E-state index in [0.29, 0.717) is 21.5 Å². The van der Waals surface area contributed by atoms with Gasteiger partial charge in [0.25, 0.3) is 17.1 Å². The van der Waals surface area contributed by atoms with E-state index in [9.17, 15) is 30.3 Å². The lowest BCUT2D eigenvalue weighted by atomic mass is 9.87. The lowest BCUT2D eigenvalue weighted by Gasteiger charge is -2.15. The average Bonchev–Trinajstić information content (AvgIpc) is 2.63. The fraction of sp³-hybridized carbons (Fsp3) is 0.158. The fourth-order valence-corrected chi connectivity index (χ4v) is 4.03. The van der Waals surface area contributed by atoms with Crippen LogP contribution in [-0.2, 0) is 0 Å². The molecule has 28 heavy (non-hydrogen) atoms. The molecule has 0 saturated heterocycles. The molecule has 140 valence electrons. The van der Waals surface area contributed by atoms with Crippen molar-refractivity contribution in [2.24, 2.45) is 0 Å². The summed E-state index contributed by atoms with van der Waals surface area (Å²) in [7, 11) is 0. The topological polar surface area (TPSA) is 129 Å². The molecule has 0 amide bonds. The Morgan fingerprint density at radius 3 is 1.68 bits per heavy atom. The molecule has 0 radical (unpaired) electrons. The second-order valence-electron chi connectivity index (χ2n) is 6.87. The van der Waals surface area contributed by atoms with Gasteiger partial charge in [-0.2, -0.15) is 0 Å². The molecule has 0 heterocycles. The number of nitrogens with zero attached hydrogens (tertiary/aromatic N) is 3. The number of benzene rings is 4. The molecule has 0 fully saturated rings. The molecule has 0 N–H and O–H groups in total. The van der Waals surface area contributed by atoms with Crippen LogP contribution < -0.4 is 0 Å². The minimum absolute atomic E-state index is 0.0513. The van der Waals surface area contributed by atoms with Crippen LogP contribution in [0.25, 0.3) is 32.3 Å². The first kappa shape index (κ1) is 17.5. The molecule has 9 heteroatoms. The second kappa shape index (κ2) is 5.81. The highest BCUT2D eigenvalue weighted by atomic mass is 16.6. The SMILES string of the molecule is CC(C)c1c([N+](=O)[O-])c2ccc3ccc([N+](=O)[O-])c4ccc(c1[N+](=O)[O-])c2c34. The van der Waals surface area contributed by atoms with Gasteiger partial charge in [-0.05, 0) is 35.6 Å². The summed E-state index contributed by atoms with van der Waals surface area (Å²) in [6, 6.07) is 9.05. The number of non-ortho nitro benzene ring substituents is 1. The van der Waals surface area contributed by atoms with Crippen LogP contribution in [0.5, 0.6) is 0 Å². The summed E-state index contributed by atoms with van der Waals surface area (Å²) in [5.74, 6) is -0.461. The molecule has 0 unspecified atom stereocenters. The molecule has 4 aromatic rings. The van der Waals surface area contributed by atoms with E-state index < -0.39 is 20.7 Å². The summed E-state index contributed by atoms with van der Waals surface area (Å²) in [5, 5.41) is 37.4. The highest BCUT2D eigenvalue weighted by Gasteiger charge is 2.34. The molecular formula is C19H13N3O6. The number of hydrogen-bond acceptors (Lipinski definition) is 6. The van der Waals surface area contributed by atoms with E-state index in [1.807, 2.05) is 0 Å². The molecule has 0 aromatic heterocycles. The quantitative estimate of drug-likeness (QED) is 0.264. The van der Waals surface area contributed by atoms with Gasteiger partial charge in [0.15, 0.2) is 0 Å². The van der Waals surface area contributed by atoms with Gasteiger partial charge < -0.3 is 0 Å². The zero-order valence-electron chi connectivity index (χ0n) is 14.8. The first-order valence-corrected chi connectivity index (χ1v) is 8.44. The van der Waals surface area contributed by atoms with Crippen LogP contribution in [0.4, 0.5) is 17.1 Å². The van der Waals surface area contributed by atoms with Crippen molar-refractivity contribution in [2.75, 3.05) is 0 Å². The van der Waals surface area contributed by atoms with Gasteiger partial charge in [-0.3, -0.25) is 30.3 Å². The van der Waals surface area contributed by atoms with Crippen molar-refractivity contribution in [3.8, 4) is 0 Å². The van der Waals surface area contributed by atoms with E-state index in [2.05, 4.69) is 0 Å². The zero-order valence-corrected chi connectivity index (χ0v) is 14.8. The Balaban J connectivity index is 2.40. The molecular weight excluding hydrogens is 366 g/mol. The van der Waals surface area contributed by atoms with Gasteiger partial charge in [-0.1, -0.05) is 19.9 Å². The lowest BCUT2D eigenvalue weighted by molar-refractivity contribution is -0.393. The maximum absolute atomic E-state index is 11.9. The monoisotopic (exact) mass is 379 g/mol. The van der Waals surface area contributed by atoms with Gasteiger partial charge in [-0.25, -0.2) is 0 Å². The van der Waals surface area contributed by atoms with Crippen molar-refractivity contribution in [3.63, 3.8) is 0 Å². The number of nitro groups is 3. The van der Waals surface area contributed by atoms with E-state index >= 15 is 0 Å². The minimum atomic E-state index is -0.609. The molecule has 0 saturated carbocycles. The molecule has 0 aliphatic carbocycles. The van der Waals surface area contributed by atoms with Crippen molar-refractivity contribution in [1.82, 2.24) is 0 Å². The van der Waals surface area contributed by atoms with Crippen LogP contribution in [0.3, 0.4) is 0 Å². The summed E-state index contributed by atoms with van der Waals surface area (Å²) < 4.78 is 0. The highest BCUT2D eigenvalue weighted by Crippen LogP contribution is 2.49. The molecule has 9 nitrogen and oxygen atoms in total. The molecule has 0 aliphatic rings. The smallest absolute Gasteiger partial charge is 0.258 e. The normalized spacial score (nSPS) is 11.7. The third-order valence-corrected chi connectivity index (χ3v) is 5.05. The Kier molecular flexibility index (Phi) is 3.64. The fourth-order valence-electron chi connectivity index (χ4n) is 4.03. The van der Waals surface area contributed by atoms with Gasteiger partial charge in [0.1, 0.15) is 5.56 Å².